The minimum absolute atomic E-state index is 0.591. The van der Waals surface area contributed by atoms with Gasteiger partial charge >= 0.3 is 0 Å². The monoisotopic (exact) mass is 376 g/mol. The zero-order valence-corrected chi connectivity index (χ0v) is 16.6. The number of hydrogen-bond acceptors (Lipinski definition) is 5. The van der Waals surface area contributed by atoms with Crippen LogP contribution in [0.15, 0.2) is 27.8 Å². The average Bonchev–Trinajstić information content (AvgIpc) is 3.32. The number of rotatable bonds is 6. The molecule has 142 valence electrons. The van der Waals surface area contributed by atoms with Gasteiger partial charge in [-0.05, 0) is 25.0 Å². The minimum atomic E-state index is 0.591. The van der Waals surface area contributed by atoms with Crippen LogP contribution in [0, 0.1) is 5.92 Å². The van der Waals surface area contributed by atoms with Gasteiger partial charge in [0.25, 0.3) is 0 Å². The third kappa shape index (κ3) is 4.81. The lowest BCUT2D eigenvalue weighted by atomic mass is 10.1. The molecule has 0 spiro atoms. The fraction of sp³-hybridized carbons (Fsp3) is 0.611. The maximum absolute atomic E-state index is 5.32. The van der Waals surface area contributed by atoms with Crippen LogP contribution < -0.4 is 5.32 Å². The van der Waals surface area contributed by atoms with E-state index in [9.17, 15) is 0 Å². The summed E-state index contributed by atoms with van der Waals surface area (Å²) in [4.78, 5) is 11.7. The Morgan fingerprint density at radius 2 is 2.42 bits per heavy atom. The van der Waals surface area contributed by atoms with E-state index in [4.69, 9.17) is 9.41 Å². The molecule has 0 amide bonds. The van der Waals surface area contributed by atoms with Crippen molar-refractivity contribution in [2.75, 3.05) is 31.9 Å². The second-order valence-electron chi connectivity index (χ2n) is 6.67. The molecule has 1 aliphatic heterocycles. The first-order valence-corrected chi connectivity index (χ1v) is 10.3. The quantitative estimate of drug-likeness (QED) is 0.596. The fourth-order valence-corrected chi connectivity index (χ4v) is 4.19. The van der Waals surface area contributed by atoms with Crippen LogP contribution in [-0.2, 0) is 6.42 Å². The Labute approximate surface area is 159 Å². The Kier molecular flexibility index (Phi) is 6.60. The van der Waals surface area contributed by atoms with Gasteiger partial charge in [-0.2, -0.15) is 16.9 Å². The number of thioether (sulfide) groups is 1. The van der Waals surface area contributed by atoms with Crippen LogP contribution in [0.1, 0.15) is 26.6 Å². The van der Waals surface area contributed by atoms with Crippen LogP contribution in [0.4, 0.5) is 0 Å². The van der Waals surface area contributed by atoms with Crippen molar-refractivity contribution in [3.63, 3.8) is 0 Å². The van der Waals surface area contributed by atoms with E-state index >= 15 is 0 Å². The maximum atomic E-state index is 5.32. The lowest BCUT2D eigenvalue weighted by molar-refractivity contribution is 0.381. The highest BCUT2D eigenvalue weighted by atomic mass is 32.2. The molecule has 1 unspecified atom stereocenters. The van der Waals surface area contributed by atoms with E-state index < -0.39 is 0 Å². The molecular formula is C18H28N6OS. The van der Waals surface area contributed by atoms with Crippen molar-refractivity contribution in [3.05, 3.63) is 24.2 Å². The lowest BCUT2D eigenvalue weighted by Crippen LogP contribution is -2.49. The number of aliphatic imine (C=N–C) groups is 1. The largest absolute Gasteiger partial charge is 0.461 e. The van der Waals surface area contributed by atoms with Crippen LogP contribution in [0.3, 0.4) is 0 Å². The van der Waals surface area contributed by atoms with Crippen LogP contribution in [0.5, 0.6) is 0 Å². The Morgan fingerprint density at radius 3 is 3.15 bits per heavy atom. The van der Waals surface area contributed by atoms with Crippen molar-refractivity contribution in [2.24, 2.45) is 10.9 Å². The van der Waals surface area contributed by atoms with Crippen molar-refractivity contribution in [3.8, 4) is 11.6 Å². The molecule has 8 heteroatoms. The normalized spacial score (nSPS) is 18.5. The van der Waals surface area contributed by atoms with Gasteiger partial charge in [-0.15, -0.1) is 0 Å². The first kappa shape index (κ1) is 18.8. The number of nitrogens with zero attached hydrogens (tertiary/aromatic N) is 4. The van der Waals surface area contributed by atoms with E-state index in [0.29, 0.717) is 29.3 Å². The molecule has 0 bridgehead atoms. The molecule has 1 fully saturated rings. The summed E-state index contributed by atoms with van der Waals surface area (Å²) in [5.41, 5.74) is 0. The smallest absolute Gasteiger partial charge is 0.216 e. The number of aromatic amines is 1. The second-order valence-corrected chi connectivity index (χ2v) is 8.02. The molecule has 3 rings (SSSR count). The third-order valence-electron chi connectivity index (χ3n) is 4.35. The number of aromatic nitrogens is 3. The van der Waals surface area contributed by atoms with Crippen molar-refractivity contribution < 1.29 is 4.42 Å². The molecule has 0 radical (unpaired) electrons. The molecule has 0 aliphatic carbocycles. The van der Waals surface area contributed by atoms with Gasteiger partial charge < -0.3 is 14.6 Å². The van der Waals surface area contributed by atoms with Crippen LogP contribution in [0.25, 0.3) is 11.6 Å². The SMILES string of the molecule is CCNC(=NCCc1nc(-c2ccco2)n[nH]1)N1CCSC(C(C)C)C1. The number of furan rings is 1. The number of H-pyrrole nitrogens is 1. The molecule has 2 N–H and O–H groups in total. The maximum Gasteiger partial charge on any atom is 0.216 e. The van der Waals surface area contributed by atoms with Crippen molar-refractivity contribution in [2.45, 2.75) is 32.4 Å². The molecule has 2 aromatic heterocycles. The highest BCUT2D eigenvalue weighted by Crippen LogP contribution is 2.24. The topological polar surface area (TPSA) is 82.3 Å². The predicted molar refractivity (Wildman–Crippen MR) is 106 cm³/mol. The Morgan fingerprint density at radius 1 is 1.54 bits per heavy atom. The van der Waals surface area contributed by atoms with Crippen molar-refractivity contribution in [1.29, 1.82) is 0 Å². The summed E-state index contributed by atoms with van der Waals surface area (Å²) in [5.74, 6) is 4.93. The van der Waals surface area contributed by atoms with Crippen LogP contribution in [-0.4, -0.2) is 63.2 Å². The summed E-state index contributed by atoms with van der Waals surface area (Å²) in [6.07, 6.45) is 2.35. The first-order chi connectivity index (χ1) is 12.7. The van der Waals surface area contributed by atoms with Gasteiger partial charge in [0.1, 0.15) is 5.82 Å². The molecule has 3 heterocycles. The summed E-state index contributed by atoms with van der Waals surface area (Å²) in [6.45, 7) is 10.4. The second kappa shape index (κ2) is 9.12. The van der Waals surface area contributed by atoms with Crippen LogP contribution >= 0.6 is 11.8 Å². The highest BCUT2D eigenvalue weighted by molar-refractivity contribution is 8.00. The van der Waals surface area contributed by atoms with Gasteiger partial charge in [-0.25, -0.2) is 4.98 Å². The minimum Gasteiger partial charge on any atom is -0.461 e. The molecular weight excluding hydrogens is 348 g/mol. The molecule has 2 aromatic rings. The van der Waals surface area contributed by atoms with Gasteiger partial charge in [0.05, 0.1) is 6.26 Å². The van der Waals surface area contributed by atoms with Gasteiger partial charge in [0.2, 0.25) is 5.82 Å². The van der Waals surface area contributed by atoms with Gasteiger partial charge in [0.15, 0.2) is 11.7 Å². The molecule has 7 nitrogen and oxygen atoms in total. The summed E-state index contributed by atoms with van der Waals surface area (Å²) >= 11 is 2.08. The molecule has 1 saturated heterocycles. The summed E-state index contributed by atoms with van der Waals surface area (Å²) < 4.78 is 5.32. The molecule has 0 saturated carbocycles. The van der Waals surface area contributed by atoms with Gasteiger partial charge in [0, 0.05) is 43.6 Å². The zero-order chi connectivity index (χ0) is 18.4. The standard InChI is InChI=1S/C18H28N6OS/c1-4-19-18(24-9-11-26-15(12-24)13(2)3)20-8-7-16-21-17(23-22-16)14-6-5-10-25-14/h5-6,10,13,15H,4,7-9,11-12H2,1-3H3,(H,19,20)(H,21,22,23). The van der Waals surface area contributed by atoms with E-state index in [0.717, 1.165) is 43.6 Å². The summed E-state index contributed by atoms with van der Waals surface area (Å²) in [5, 5.41) is 11.3. The highest BCUT2D eigenvalue weighted by Gasteiger charge is 2.24. The molecule has 0 aromatic carbocycles. The van der Waals surface area contributed by atoms with E-state index in [-0.39, 0.29) is 0 Å². The zero-order valence-electron chi connectivity index (χ0n) is 15.7. The number of hydrogen-bond donors (Lipinski definition) is 2. The summed E-state index contributed by atoms with van der Waals surface area (Å²) in [7, 11) is 0. The van der Waals surface area contributed by atoms with Gasteiger partial charge in [-0.3, -0.25) is 10.1 Å². The molecule has 1 atom stereocenters. The predicted octanol–water partition coefficient (Wildman–Crippen LogP) is 2.65. The fourth-order valence-electron chi connectivity index (χ4n) is 2.89. The van der Waals surface area contributed by atoms with Gasteiger partial charge in [-0.1, -0.05) is 13.8 Å². The molecule has 1 aliphatic rings. The Bertz CT molecular complexity index is 696. The lowest BCUT2D eigenvalue weighted by Gasteiger charge is -2.36. The Hall–Kier alpha value is -1.96. The van der Waals surface area contributed by atoms with Crippen molar-refractivity contribution >= 4 is 17.7 Å². The average molecular weight is 377 g/mol. The third-order valence-corrected chi connectivity index (χ3v) is 5.89. The van der Waals surface area contributed by atoms with E-state index in [1.54, 1.807) is 6.26 Å². The van der Waals surface area contributed by atoms with E-state index in [2.05, 4.69) is 57.9 Å². The van der Waals surface area contributed by atoms with E-state index in [1.807, 2.05) is 12.1 Å². The van der Waals surface area contributed by atoms with E-state index in [1.165, 1.54) is 0 Å². The Balaban J connectivity index is 1.59. The molecule has 26 heavy (non-hydrogen) atoms. The first-order valence-electron chi connectivity index (χ1n) is 9.27. The van der Waals surface area contributed by atoms with Crippen molar-refractivity contribution in [1.82, 2.24) is 25.4 Å². The summed E-state index contributed by atoms with van der Waals surface area (Å²) in [6, 6.07) is 3.69. The number of guanidine groups is 1. The number of nitrogens with one attached hydrogen (secondary N) is 2. The van der Waals surface area contributed by atoms with Crippen LogP contribution in [0.2, 0.25) is 0 Å².